The van der Waals surface area contributed by atoms with E-state index < -0.39 is 0 Å². The molecule has 0 unspecified atom stereocenters. The summed E-state index contributed by atoms with van der Waals surface area (Å²) in [5, 5.41) is 9.66. The van der Waals surface area contributed by atoms with Gasteiger partial charge >= 0.3 is 0 Å². The number of hydrogen-bond acceptors (Lipinski definition) is 3. The number of carbonyl (C=O) groups excluding carboxylic acids is 1. The number of thiophene rings is 1. The topological polar surface area (TPSA) is 46.9 Å². The van der Waals surface area contributed by atoms with Crippen molar-refractivity contribution in [3.8, 4) is 0 Å². The van der Waals surface area contributed by atoms with E-state index in [9.17, 15) is 4.79 Å². The summed E-state index contributed by atoms with van der Waals surface area (Å²) in [5.74, 6) is 0.436. The number of amides is 1. The highest BCUT2D eigenvalue weighted by Gasteiger charge is 2.11. The molecule has 22 heavy (non-hydrogen) atoms. The Kier molecular flexibility index (Phi) is 4.61. The molecule has 4 nitrogen and oxygen atoms in total. The van der Waals surface area contributed by atoms with Gasteiger partial charge in [-0.05, 0) is 40.2 Å². The first-order chi connectivity index (χ1) is 10.6. The molecule has 1 aromatic carbocycles. The number of nitrogens with zero attached hydrogens (tertiary/aromatic N) is 2. The van der Waals surface area contributed by atoms with Crippen LogP contribution in [0.4, 0.5) is 5.82 Å². The predicted octanol–water partition coefficient (Wildman–Crippen LogP) is 4.66. The number of hydrogen-bond donors (Lipinski definition) is 1. The minimum atomic E-state index is -0.211. The van der Waals surface area contributed by atoms with Gasteiger partial charge < -0.3 is 5.32 Å². The second-order valence-electron chi connectivity index (χ2n) is 4.57. The molecule has 0 aliphatic carbocycles. The number of aromatic nitrogens is 2. The van der Waals surface area contributed by atoms with Crippen LogP contribution in [-0.4, -0.2) is 15.7 Å². The van der Waals surface area contributed by atoms with E-state index in [4.69, 9.17) is 11.6 Å². The van der Waals surface area contributed by atoms with Crippen LogP contribution in [0.3, 0.4) is 0 Å². The maximum atomic E-state index is 12.3. The van der Waals surface area contributed by atoms with Crippen molar-refractivity contribution < 1.29 is 4.79 Å². The van der Waals surface area contributed by atoms with E-state index in [2.05, 4.69) is 26.3 Å². The molecule has 2 heterocycles. The Hall–Kier alpha value is -1.63. The monoisotopic (exact) mass is 395 g/mol. The average molecular weight is 397 g/mol. The molecular formula is C15H11BrClN3OS. The fourth-order valence-corrected chi connectivity index (χ4v) is 3.59. The Labute approximate surface area is 144 Å². The summed E-state index contributed by atoms with van der Waals surface area (Å²) >= 11 is 11.0. The molecule has 1 N–H and O–H groups in total. The van der Waals surface area contributed by atoms with Crippen molar-refractivity contribution in [1.29, 1.82) is 0 Å². The second kappa shape index (κ2) is 6.64. The van der Waals surface area contributed by atoms with Gasteiger partial charge in [0, 0.05) is 31.4 Å². The Balaban J connectivity index is 1.76. The van der Waals surface area contributed by atoms with Gasteiger partial charge in [0.25, 0.3) is 5.91 Å². The fourth-order valence-electron chi connectivity index (χ4n) is 1.97. The fraction of sp³-hybridized carbons (Fsp3) is 0.0667. The molecule has 0 bridgehead atoms. The molecule has 7 heteroatoms. The molecule has 0 spiro atoms. The Bertz CT molecular complexity index is 814. The minimum Gasteiger partial charge on any atom is -0.307 e. The van der Waals surface area contributed by atoms with Crippen molar-refractivity contribution in [1.82, 2.24) is 9.78 Å². The maximum absolute atomic E-state index is 12.3. The summed E-state index contributed by atoms with van der Waals surface area (Å²) in [6, 6.07) is 10.6. The molecule has 112 valence electrons. The van der Waals surface area contributed by atoms with E-state index in [0.717, 1.165) is 9.35 Å². The summed E-state index contributed by atoms with van der Waals surface area (Å²) in [5.41, 5.74) is 0.513. The SMILES string of the molecule is O=C(Nc1ccnn1Cc1cc(Br)cs1)c1cccc(Cl)c1. The van der Waals surface area contributed by atoms with E-state index in [1.54, 1.807) is 52.5 Å². The normalized spacial score (nSPS) is 10.6. The Morgan fingerprint density at radius 1 is 1.36 bits per heavy atom. The first-order valence-corrected chi connectivity index (χ1v) is 8.48. The number of halogens is 2. The van der Waals surface area contributed by atoms with Gasteiger partial charge in [-0.1, -0.05) is 17.7 Å². The van der Waals surface area contributed by atoms with Crippen LogP contribution >= 0.6 is 38.9 Å². The summed E-state index contributed by atoms with van der Waals surface area (Å²) < 4.78 is 2.80. The molecule has 0 radical (unpaired) electrons. The Morgan fingerprint density at radius 3 is 2.95 bits per heavy atom. The predicted molar refractivity (Wildman–Crippen MR) is 92.8 cm³/mol. The summed E-state index contributed by atoms with van der Waals surface area (Å²) in [6.45, 7) is 0.606. The van der Waals surface area contributed by atoms with Crippen LogP contribution in [0.1, 0.15) is 15.2 Å². The van der Waals surface area contributed by atoms with Crippen LogP contribution in [0.2, 0.25) is 5.02 Å². The number of nitrogens with one attached hydrogen (secondary N) is 1. The molecule has 2 aromatic heterocycles. The van der Waals surface area contributed by atoms with Crippen molar-refractivity contribution in [2.45, 2.75) is 6.54 Å². The van der Waals surface area contributed by atoms with Gasteiger partial charge in [-0.15, -0.1) is 11.3 Å². The minimum absolute atomic E-state index is 0.211. The van der Waals surface area contributed by atoms with Crippen molar-refractivity contribution in [3.05, 3.63) is 67.9 Å². The molecule has 0 saturated heterocycles. The van der Waals surface area contributed by atoms with Crippen LogP contribution in [0.15, 0.2) is 52.4 Å². The van der Waals surface area contributed by atoms with Crippen molar-refractivity contribution in [2.24, 2.45) is 0 Å². The standard InChI is InChI=1S/C15H11BrClN3OS/c16-11-7-13(22-9-11)8-20-14(4-5-18-20)19-15(21)10-2-1-3-12(17)6-10/h1-7,9H,8H2,(H,19,21). The molecule has 1 amide bonds. The average Bonchev–Trinajstić information content (AvgIpc) is 3.09. The van der Waals surface area contributed by atoms with E-state index >= 15 is 0 Å². The zero-order valence-electron chi connectivity index (χ0n) is 11.3. The molecule has 3 aromatic rings. The number of anilines is 1. The largest absolute Gasteiger partial charge is 0.307 e. The number of rotatable bonds is 4. The molecule has 3 rings (SSSR count). The summed E-state index contributed by atoms with van der Waals surface area (Å²) in [4.78, 5) is 13.4. The molecule has 0 atom stereocenters. The van der Waals surface area contributed by atoms with Gasteiger partial charge in [0.05, 0.1) is 12.7 Å². The van der Waals surface area contributed by atoms with Gasteiger partial charge in [0.15, 0.2) is 0 Å². The third kappa shape index (κ3) is 3.58. The van der Waals surface area contributed by atoms with Gasteiger partial charge in [-0.2, -0.15) is 5.10 Å². The van der Waals surface area contributed by atoms with Crippen molar-refractivity contribution in [2.75, 3.05) is 5.32 Å². The highest BCUT2D eigenvalue weighted by molar-refractivity contribution is 9.10. The number of benzene rings is 1. The van der Waals surface area contributed by atoms with E-state index in [-0.39, 0.29) is 5.91 Å². The quantitative estimate of drug-likeness (QED) is 0.697. The first kappa shape index (κ1) is 15.3. The maximum Gasteiger partial charge on any atom is 0.256 e. The smallest absolute Gasteiger partial charge is 0.256 e. The molecule has 0 aliphatic rings. The van der Waals surface area contributed by atoms with Crippen LogP contribution in [0.25, 0.3) is 0 Å². The second-order valence-corrected chi connectivity index (χ2v) is 6.92. The van der Waals surface area contributed by atoms with E-state index in [1.165, 1.54) is 0 Å². The summed E-state index contributed by atoms with van der Waals surface area (Å²) in [7, 11) is 0. The lowest BCUT2D eigenvalue weighted by Gasteiger charge is -2.08. The zero-order valence-corrected chi connectivity index (χ0v) is 14.5. The highest BCUT2D eigenvalue weighted by atomic mass is 79.9. The van der Waals surface area contributed by atoms with Gasteiger partial charge in [-0.25, -0.2) is 4.68 Å². The first-order valence-electron chi connectivity index (χ1n) is 6.43. The van der Waals surface area contributed by atoms with Crippen LogP contribution in [0.5, 0.6) is 0 Å². The molecule has 0 aliphatic heterocycles. The van der Waals surface area contributed by atoms with Crippen LogP contribution in [-0.2, 0) is 6.54 Å². The molecule has 0 saturated carbocycles. The van der Waals surface area contributed by atoms with Crippen molar-refractivity contribution in [3.63, 3.8) is 0 Å². The lowest BCUT2D eigenvalue weighted by molar-refractivity contribution is 0.102. The molecule has 0 fully saturated rings. The Morgan fingerprint density at radius 2 is 2.23 bits per heavy atom. The lowest BCUT2D eigenvalue weighted by atomic mass is 10.2. The highest BCUT2D eigenvalue weighted by Crippen LogP contribution is 2.22. The van der Waals surface area contributed by atoms with E-state index in [0.29, 0.717) is 22.9 Å². The van der Waals surface area contributed by atoms with Crippen LogP contribution in [0, 0.1) is 0 Å². The number of carbonyl (C=O) groups is 1. The lowest BCUT2D eigenvalue weighted by Crippen LogP contribution is -2.16. The zero-order chi connectivity index (χ0) is 15.5. The van der Waals surface area contributed by atoms with Gasteiger partial charge in [0.1, 0.15) is 5.82 Å². The van der Waals surface area contributed by atoms with E-state index in [1.807, 2.05) is 11.4 Å². The van der Waals surface area contributed by atoms with Gasteiger partial charge in [0.2, 0.25) is 0 Å². The third-order valence-corrected chi connectivity index (χ3v) is 4.89. The molecular weight excluding hydrogens is 386 g/mol. The van der Waals surface area contributed by atoms with Crippen LogP contribution < -0.4 is 5.32 Å². The third-order valence-electron chi connectivity index (χ3n) is 2.97. The van der Waals surface area contributed by atoms with Crippen molar-refractivity contribution >= 4 is 50.6 Å². The summed E-state index contributed by atoms with van der Waals surface area (Å²) in [6.07, 6.45) is 1.66. The van der Waals surface area contributed by atoms with Gasteiger partial charge in [-0.3, -0.25) is 4.79 Å².